The van der Waals surface area contributed by atoms with Gasteiger partial charge in [-0.1, -0.05) is 0 Å². The molecular weight excluding hydrogens is 250 g/mol. The van der Waals surface area contributed by atoms with Crippen molar-refractivity contribution in [2.24, 2.45) is 5.92 Å². The molecule has 2 atom stereocenters. The molecule has 1 aliphatic rings. The van der Waals surface area contributed by atoms with Gasteiger partial charge in [-0.15, -0.1) is 0 Å². The highest BCUT2D eigenvalue weighted by Gasteiger charge is 2.34. The normalized spacial score (nSPS) is 24.6. The second-order valence-corrected chi connectivity index (χ2v) is 7.51. The molecule has 1 N–H and O–H groups in total. The third-order valence-electron chi connectivity index (χ3n) is 3.56. The van der Waals surface area contributed by atoms with Crippen molar-refractivity contribution >= 4 is 9.84 Å². The topological polar surface area (TPSA) is 64.0 Å². The van der Waals surface area contributed by atoms with Crippen LogP contribution >= 0.6 is 0 Å². The summed E-state index contributed by atoms with van der Waals surface area (Å²) in [4.78, 5) is 0. The van der Waals surface area contributed by atoms with Crippen molar-refractivity contribution in [1.82, 2.24) is 15.1 Å². The Labute approximate surface area is 108 Å². The Hall–Kier alpha value is -0.880. The van der Waals surface area contributed by atoms with Gasteiger partial charge in [0.15, 0.2) is 9.84 Å². The molecule has 0 radical (unpaired) electrons. The van der Waals surface area contributed by atoms with E-state index in [1.165, 1.54) is 0 Å². The lowest BCUT2D eigenvalue weighted by molar-refractivity contribution is 0.417. The summed E-state index contributed by atoms with van der Waals surface area (Å²) in [5.74, 6) is 0.754. The zero-order valence-electron chi connectivity index (χ0n) is 11.1. The number of rotatable bonds is 4. The molecule has 1 saturated heterocycles. The van der Waals surface area contributed by atoms with Crippen molar-refractivity contribution in [1.29, 1.82) is 0 Å². The number of aromatic nitrogens is 2. The number of hydrogen-bond donors (Lipinski definition) is 1. The molecule has 102 valence electrons. The summed E-state index contributed by atoms with van der Waals surface area (Å²) < 4.78 is 25.0. The van der Waals surface area contributed by atoms with Gasteiger partial charge >= 0.3 is 0 Å². The third kappa shape index (κ3) is 2.75. The lowest BCUT2D eigenvalue weighted by Gasteiger charge is -2.20. The summed E-state index contributed by atoms with van der Waals surface area (Å²) in [7, 11) is -0.958. The van der Waals surface area contributed by atoms with E-state index in [4.69, 9.17) is 0 Å². The second-order valence-electron chi connectivity index (χ2n) is 5.28. The third-order valence-corrected chi connectivity index (χ3v) is 5.35. The molecule has 2 unspecified atom stereocenters. The maximum atomic E-state index is 11.6. The monoisotopic (exact) mass is 271 g/mol. The smallest absolute Gasteiger partial charge is 0.150 e. The van der Waals surface area contributed by atoms with Gasteiger partial charge < -0.3 is 5.32 Å². The second kappa shape index (κ2) is 5.01. The molecule has 2 rings (SSSR count). The van der Waals surface area contributed by atoms with Gasteiger partial charge in [-0.3, -0.25) is 4.68 Å². The lowest BCUT2D eigenvalue weighted by Crippen LogP contribution is -2.25. The van der Waals surface area contributed by atoms with Gasteiger partial charge in [-0.2, -0.15) is 5.10 Å². The number of hydrogen-bond acceptors (Lipinski definition) is 4. The highest BCUT2D eigenvalue weighted by Crippen LogP contribution is 2.31. The average molecular weight is 271 g/mol. The molecule has 1 aromatic rings. The van der Waals surface area contributed by atoms with Crippen LogP contribution in [0.3, 0.4) is 0 Å². The van der Waals surface area contributed by atoms with Gasteiger partial charge in [0.25, 0.3) is 0 Å². The van der Waals surface area contributed by atoms with Crippen LogP contribution in [0.25, 0.3) is 0 Å². The first kappa shape index (κ1) is 13.5. The average Bonchev–Trinajstić information content (AvgIpc) is 2.87. The molecule has 2 heterocycles. The van der Waals surface area contributed by atoms with Crippen molar-refractivity contribution in [3.63, 3.8) is 0 Å². The van der Waals surface area contributed by atoms with Gasteiger partial charge in [0, 0.05) is 23.8 Å². The molecule has 1 aromatic heterocycles. The Morgan fingerprint density at radius 3 is 2.67 bits per heavy atom. The van der Waals surface area contributed by atoms with Gasteiger partial charge in [0.2, 0.25) is 0 Å². The van der Waals surface area contributed by atoms with E-state index < -0.39 is 9.84 Å². The van der Waals surface area contributed by atoms with Crippen molar-refractivity contribution in [2.75, 3.05) is 18.6 Å². The SMILES string of the molecule is CNC(c1cnn(C(C)C)c1)C1CCS(=O)(=O)C1. The highest BCUT2D eigenvalue weighted by atomic mass is 32.2. The fourth-order valence-electron chi connectivity index (χ4n) is 2.56. The molecule has 18 heavy (non-hydrogen) atoms. The van der Waals surface area contributed by atoms with Gasteiger partial charge in [-0.05, 0) is 33.2 Å². The van der Waals surface area contributed by atoms with Gasteiger partial charge in [0.05, 0.1) is 17.7 Å². The van der Waals surface area contributed by atoms with Crippen LogP contribution in [0.2, 0.25) is 0 Å². The molecule has 0 aliphatic carbocycles. The highest BCUT2D eigenvalue weighted by molar-refractivity contribution is 7.91. The van der Waals surface area contributed by atoms with Crippen LogP contribution in [0.5, 0.6) is 0 Å². The van der Waals surface area contributed by atoms with E-state index >= 15 is 0 Å². The van der Waals surface area contributed by atoms with Crippen molar-refractivity contribution in [3.05, 3.63) is 18.0 Å². The Morgan fingerprint density at radius 1 is 1.50 bits per heavy atom. The molecule has 1 fully saturated rings. The van der Waals surface area contributed by atoms with E-state index in [2.05, 4.69) is 24.3 Å². The van der Waals surface area contributed by atoms with Crippen LogP contribution in [0.4, 0.5) is 0 Å². The van der Waals surface area contributed by atoms with E-state index in [0.29, 0.717) is 11.8 Å². The van der Waals surface area contributed by atoms with Crippen LogP contribution in [-0.4, -0.2) is 36.8 Å². The van der Waals surface area contributed by atoms with E-state index in [0.717, 1.165) is 12.0 Å². The van der Waals surface area contributed by atoms with E-state index in [9.17, 15) is 8.42 Å². The van der Waals surface area contributed by atoms with Crippen molar-refractivity contribution < 1.29 is 8.42 Å². The predicted octanol–water partition coefficient (Wildman–Crippen LogP) is 1.16. The first-order chi connectivity index (χ1) is 8.43. The fourth-order valence-corrected chi connectivity index (χ4v) is 4.40. The molecule has 0 aromatic carbocycles. The molecular formula is C12H21N3O2S. The quantitative estimate of drug-likeness (QED) is 0.892. The summed E-state index contributed by atoms with van der Waals surface area (Å²) in [6, 6.07) is 0.401. The minimum absolute atomic E-state index is 0.0785. The Kier molecular flexibility index (Phi) is 3.77. The summed E-state index contributed by atoms with van der Waals surface area (Å²) >= 11 is 0. The minimum Gasteiger partial charge on any atom is -0.313 e. The summed E-state index contributed by atoms with van der Waals surface area (Å²) in [5.41, 5.74) is 1.08. The molecule has 0 spiro atoms. The van der Waals surface area contributed by atoms with Crippen LogP contribution in [0.15, 0.2) is 12.4 Å². The van der Waals surface area contributed by atoms with E-state index in [-0.39, 0.29) is 17.7 Å². The first-order valence-corrected chi connectivity index (χ1v) is 8.17. The Balaban J connectivity index is 2.18. The summed E-state index contributed by atoms with van der Waals surface area (Å²) in [6.07, 6.45) is 4.59. The lowest BCUT2D eigenvalue weighted by atomic mass is 9.95. The molecule has 0 amide bonds. The molecule has 1 aliphatic heterocycles. The largest absolute Gasteiger partial charge is 0.313 e. The Bertz CT molecular complexity index is 507. The molecule has 0 saturated carbocycles. The van der Waals surface area contributed by atoms with Gasteiger partial charge in [0.1, 0.15) is 0 Å². The first-order valence-electron chi connectivity index (χ1n) is 6.34. The van der Waals surface area contributed by atoms with Crippen LogP contribution in [0, 0.1) is 5.92 Å². The summed E-state index contributed by atoms with van der Waals surface area (Å²) in [6.45, 7) is 4.15. The predicted molar refractivity (Wildman–Crippen MR) is 71.2 cm³/mol. The number of nitrogens with one attached hydrogen (secondary N) is 1. The minimum atomic E-state index is -2.84. The molecule has 0 bridgehead atoms. The number of sulfone groups is 1. The van der Waals surface area contributed by atoms with Crippen LogP contribution in [-0.2, 0) is 9.84 Å². The van der Waals surface area contributed by atoms with Crippen LogP contribution in [0.1, 0.15) is 37.9 Å². The van der Waals surface area contributed by atoms with E-state index in [1.54, 1.807) is 0 Å². The zero-order chi connectivity index (χ0) is 13.3. The zero-order valence-corrected chi connectivity index (χ0v) is 11.9. The summed E-state index contributed by atoms with van der Waals surface area (Å²) in [5, 5.41) is 7.55. The van der Waals surface area contributed by atoms with Crippen LogP contribution < -0.4 is 5.32 Å². The maximum Gasteiger partial charge on any atom is 0.150 e. The number of nitrogens with zero attached hydrogens (tertiary/aromatic N) is 2. The maximum absolute atomic E-state index is 11.6. The van der Waals surface area contributed by atoms with E-state index in [1.807, 2.05) is 24.1 Å². The van der Waals surface area contributed by atoms with Crippen molar-refractivity contribution in [3.8, 4) is 0 Å². The van der Waals surface area contributed by atoms with Crippen molar-refractivity contribution in [2.45, 2.75) is 32.4 Å². The standard InChI is InChI=1S/C12H21N3O2S/c1-9(2)15-7-11(6-14-15)12(13-3)10-4-5-18(16,17)8-10/h6-7,9-10,12-13H,4-5,8H2,1-3H3. The van der Waals surface area contributed by atoms with Gasteiger partial charge in [-0.25, -0.2) is 8.42 Å². The molecule has 5 nitrogen and oxygen atoms in total. The molecule has 6 heteroatoms. The fraction of sp³-hybridized carbons (Fsp3) is 0.750. The Morgan fingerprint density at radius 2 is 2.22 bits per heavy atom.